The van der Waals surface area contributed by atoms with Crippen LogP contribution in [0.3, 0.4) is 0 Å². The Kier molecular flexibility index (Phi) is 9.93. The molecule has 0 saturated heterocycles. The molecule has 276 valence electrons. The molecule has 4 aromatic heterocycles. The summed E-state index contributed by atoms with van der Waals surface area (Å²) in [5.74, 6) is 0.0144. The summed E-state index contributed by atoms with van der Waals surface area (Å²) < 4.78 is 1.90. The second-order valence-corrected chi connectivity index (χ2v) is 13.3. The van der Waals surface area contributed by atoms with Gasteiger partial charge >= 0.3 is 0 Å². The highest BCUT2D eigenvalue weighted by molar-refractivity contribution is 6.00. The van der Waals surface area contributed by atoms with Gasteiger partial charge in [-0.2, -0.15) is 0 Å². The van der Waals surface area contributed by atoms with Gasteiger partial charge in [0, 0.05) is 65.3 Å². The second kappa shape index (κ2) is 15.6. The Hall–Kier alpha value is -7.31. The molecule has 0 aliphatic heterocycles. The van der Waals surface area contributed by atoms with Crippen molar-refractivity contribution >= 4 is 51.1 Å². The normalized spacial score (nSPS) is 12.3. The molecule has 0 fully saturated rings. The molecular formula is C44H37N9O3. The molecule has 8 aromatic rings. The lowest BCUT2D eigenvalue weighted by Crippen LogP contribution is -2.37. The van der Waals surface area contributed by atoms with E-state index in [0.29, 0.717) is 51.0 Å². The van der Waals surface area contributed by atoms with Crippen LogP contribution in [-0.2, 0) is 11.2 Å². The van der Waals surface area contributed by atoms with E-state index in [4.69, 9.17) is 9.97 Å². The van der Waals surface area contributed by atoms with Gasteiger partial charge in [-0.05, 0) is 85.1 Å². The highest BCUT2D eigenvalue weighted by Crippen LogP contribution is 2.36. The number of aliphatic hydroxyl groups excluding tert-OH is 1. The summed E-state index contributed by atoms with van der Waals surface area (Å²) in [6.45, 7) is 1.94. The number of hydrogen-bond acceptors (Lipinski definition) is 9. The van der Waals surface area contributed by atoms with E-state index >= 15 is 0 Å². The van der Waals surface area contributed by atoms with Gasteiger partial charge in [0.15, 0.2) is 6.10 Å². The predicted octanol–water partition coefficient (Wildman–Crippen LogP) is 7.30. The zero-order chi connectivity index (χ0) is 38.6. The number of para-hydroxylation sites is 1. The fraction of sp³-hybridized carbons (Fsp3) is 0.114. The smallest absolute Gasteiger partial charge is 0.255 e. The number of anilines is 3. The highest BCUT2D eigenvalue weighted by atomic mass is 16.3. The quantitative estimate of drug-likeness (QED) is 0.107. The molecule has 2 amide bonds. The van der Waals surface area contributed by atoms with Crippen LogP contribution in [0.5, 0.6) is 0 Å². The molecule has 0 bridgehead atoms. The lowest BCUT2D eigenvalue weighted by Gasteiger charge is -2.27. The molecule has 0 spiro atoms. The van der Waals surface area contributed by atoms with Crippen molar-refractivity contribution < 1.29 is 14.7 Å². The van der Waals surface area contributed by atoms with E-state index in [1.165, 1.54) is 0 Å². The van der Waals surface area contributed by atoms with Crippen LogP contribution in [0, 0.1) is 6.92 Å². The number of nitrogens with one attached hydrogen (secondary N) is 3. The summed E-state index contributed by atoms with van der Waals surface area (Å²) in [5.41, 5.74) is 7.55. The Morgan fingerprint density at radius 2 is 1.66 bits per heavy atom. The molecule has 8 rings (SSSR count). The number of pyridine rings is 2. The minimum atomic E-state index is -1.55. The molecule has 2 atom stereocenters. The van der Waals surface area contributed by atoms with Gasteiger partial charge in [0.2, 0.25) is 5.95 Å². The van der Waals surface area contributed by atoms with E-state index < -0.39 is 18.1 Å². The Bertz CT molecular complexity index is 2700. The SMILES string of the molecule is CNC(=O)c1ccc2c(c1)nc(-c1cccc3cccnc13)n2[C@H](Cc1ccccc1)[C@H](O)C(=O)Nc1ccc(C)c(Nc2nccc(-c3cccnc3)n2)c1. The molecule has 4 N–H and O–H groups in total. The zero-order valence-corrected chi connectivity index (χ0v) is 30.6. The van der Waals surface area contributed by atoms with E-state index in [0.717, 1.165) is 27.6 Å². The number of aromatic nitrogens is 6. The monoisotopic (exact) mass is 739 g/mol. The Morgan fingerprint density at radius 3 is 2.48 bits per heavy atom. The summed E-state index contributed by atoms with van der Waals surface area (Å²) in [7, 11) is 1.57. The number of aryl methyl sites for hydroxylation is 1. The maximum Gasteiger partial charge on any atom is 0.255 e. The van der Waals surface area contributed by atoms with Gasteiger partial charge in [0.25, 0.3) is 11.8 Å². The number of nitrogens with zero attached hydrogens (tertiary/aromatic N) is 6. The Morgan fingerprint density at radius 1 is 0.821 bits per heavy atom. The van der Waals surface area contributed by atoms with Crippen molar-refractivity contribution in [2.45, 2.75) is 25.5 Å². The lowest BCUT2D eigenvalue weighted by atomic mass is 9.99. The largest absolute Gasteiger partial charge is 0.381 e. The summed E-state index contributed by atoms with van der Waals surface area (Å²) in [5, 5.41) is 22.0. The molecule has 0 unspecified atom stereocenters. The highest BCUT2D eigenvalue weighted by Gasteiger charge is 2.32. The average molecular weight is 740 g/mol. The molecule has 0 saturated carbocycles. The molecular weight excluding hydrogens is 703 g/mol. The topological polar surface area (TPSA) is 160 Å². The molecule has 12 heteroatoms. The van der Waals surface area contributed by atoms with Crippen molar-refractivity contribution in [1.29, 1.82) is 0 Å². The van der Waals surface area contributed by atoms with Crippen LogP contribution in [0.25, 0.3) is 44.6 Å². The number of benzene rings is 4. The summed E-state index contributed by atoms with van der Waals surface area (Å²) >= 11 is 0. The molecule has 4 heterocycles. The number of aliphatic hydroxyl groups is 1. The average Bonchev–Trinajstić information content (AvgIpc) is 3.62. The van der Waals surface area contributed by atoms with Crippen molar-refractivity contribution in [3.63, 3.8) is 0 Å². The van der Waals surface area contributed by atoms with Crippen LogP contribution >= 0.6 is 0 Å². The molecule has 0 aliphatic rings. The van der Waals surface area contributed by atoms with E-state index in [9.17, 15) is 14.7 Å². The van der Waals surface area contributed by atoms with E-state index in [1.54, 1.807) is 62.2 Å². The van der Waals surface area contributed by atoms with Gasteiger partial charge in [0.1, 0.15) is 5.82 Å². The standard InChI is InChI=1S/C44H37N9O3/c1-27-15-17-32(25-35(27)52-44-48-22-19-34(51-44)31-13-7-20-46-26-31)49-43(56)40(54)38(23-28-9-4-3-5-10-28)53-37-18-16-30(42(55)45-2)24-36(37)50-41(53)33-14-6-11-29-12-8-21-47-39(29)33/h3-22,24-26,38,40,54H,23H2,1-2H3,(H,45,55)(H,49,56)(H,48,51,52)/t38-,40+/m1/s1. The Balaban J connectivity index is 1.17. The van der Waals surface area contributed by atoms with Crippen molar-refractivity contribution in [1.82, 2.24) is 34.8 Å². The Labute approximate surface area is 322 Å². The first-order valence-electron chi connectivity index (χ1n) is 18.1. The fourth-order valence-electron chi connectivity index (χ4n) is 6.83. The van der Waals surface area contributed by atoms with Crippen LogP contribution in [0.4, 0.5) is 17.3 Å². The summed E-state index contributed by atoms with van der Waals surface area (Å²) in [6.07, 6.45) is 5.57. The third kappa shape index (κ3) is 7.28. The van der Waals surface area contributed by atoms with Gasteiger partial charge in [-0.25, -0.2) is 15.0 Å². The number of rotatable bonds is 11. The van der Waals surface area contributed by atoms with Crippen molar-refractivity contribution in [3.05, 3.63) is 157 Å². The number of hydrogen-bond donors (Lipinski definition) is 4. The van der Waals surface area contributed by atoms with Crippen molar-refractivity contribution in [3.8, 4) is 22.6 Å². The first-order valence-corrected chi connectivity index (χ1v) is 18.1. The predicted molar refractivity (Wildman–Crippen MR) is 217 cm³/mol. The minimum absolute atomic E-state index is 0.255. The van der Waals surface area contributed by atoms with Crippen LogP contribution in [-0.4, -0.2) is 59.6 Å². The van der Waals surface area contributed by atoms with Gasteiger partial charge in [-0.15, -0.1) is 0 Å². The zero-order valence-electron chi connectivity index (χ0n) is 30.6. The maximum atomic E-state index is 14.3. The minimum Gasteiger partial charge on any atom is -0.381 e. The van der Waals surface area contributed by atoms with Gasteiger partial charge in [0.05, 0.1) is 28.3 Å². The van der Waals surface area contributed by atoms with Crippen molar-refractivity contribution in [2.75, 3.05) is 17.7 Å². The molecule has 4 aromatic carbocycles. The maximum absolute atomic E-state index is 14.3. The van der Waals surface area contributed by atoms with Crippen LogP contribution in [0.2, 0.25) is 0 Å². The molecule has 0 aliphatic carbocycles. The van der Waals surface area contributed by atoms with Crippen molar-refractivity contribution in [2.24, 2.45) is 0 Å². The van der Waals surface area contributed by atoms with Gasteiger partial charge < -0.3 is 25.6 Å². The third-order valence-corrected chi connectivity index (χ3v) is 9.67. The number of amides is 2. The summed E-state index contributed by atoms with van der Waals surface area (Å²) in [6, 6.07) is 34.8. The number of carbonyl (C=O) groups excluding carboxylic acids is 2. The number of fused-ring (bicyclic) bond motifs is 2. The van der Waals surface area contributed by atoms with Crippen LogP contribution in [0.15, 0.2) is 140 Å². The molecule has 56 heavy (non-hydrogen) atoms. The van der Waals surface area contributed by atoms with Crippen LogP contribution < -0.4 is 16.0 Å². The fourth-order valence-corrected chi connectivity index (χ4v) is 6.83. The van der Waals surface area contributed by atoms with Crippen LogP contribution in [0.1, 0.15) is 27.5 Å². The van der Waals surface area contributed by atoms with Gasteiger partial charge in [-0.3, -0.25) is 19.6 Å². The first-order chi connectivity index (χ1) is 27.4. The molecule has 12 nitrogen and oxygen atoms in total. The lowest BCUT2D eigenvalue weighted by molar-refractivity contribution is -0.126. The summed E-state index contributed by atoms with van der Waals surface area (Å²) in [4.78, 5) is 50.0. The first kappa shape index (κ1) is 35.7. The van der Waals surface area contributed by atoms with E-state index in [1.807, 2.05) is 96.4 Å². The van der Waals surface area contributed by atoms with Gasteiger partial charge in [-0.1, -0.05) is 54.6 Å². The van der Waals surface area contributed by atoms with E-state index in [2.05, 4.69) is 30.9 Å². The third-order valence-electron chi connectivity index (χ3n) is 9.67. The number of imidazole rings is 1. The second-order valence-electron chi connectivity index (χ2n) is 13.3. The molecule has 0 radical (unpaired) electrons. The van der Waals surface area contributed by atoms with E-state index in [-0.39, 0.29) is 12.3 Å². The number of carbonyl (C=O) groups is 2.